The van der Waals surface area contributed by atoms with E-state index in [0.717, 1.165) is 0 Å². The van der Waals surface area contributed by atoms with E-state index in [9.17, 15) is 14.3 Å². The van der Waals surface area contributed by atoms with Crippen molar-refractivity contribution < 1.29 is 14.3 Å². The number of hydrogen-bond donors (Lipinski definition) is 1. The second-order valence-electron chi connectivity index (χ2n) is 4.31. The van der Waals surface area contributed by atoms with Gasteiger partial charge in [-0.15, -0.1) is 0 Å². The van der Waals surface area contributed by atoms with E-state index in [1.807, 2.05) is 0 Å². The van der Waals surface area contributed by atoms with Gasteiger partial charge in [0.15, 0.2) is 5.69 Å². The summed E-state index contributed by atoms with van der Waals surface area (Å²) < 4.78 is 16.7. The molecule has 4 nitrogen and oxygen atoms in total. The number of carboxylic acids is 1. The fourth-order valence-electron chi connectivity index (χ4n) is 2.39. The summed E-state index contributed by atoms with van der Waals surface area (Å²) >= 11 is 0. The quantitative estimate of drug-likeness (QED) is 0.768. The van der Waals surface area contributed by atoms with Gasteiger partial charge in [-0.3, -0.25) is 0 Å². The lowest BCUT2D eigenvalue weighted by molar-refractivity contribution is 0.0687. The number of halogens is 1. The number of aryl methyl sites for hydroxylation is 1. The largest absolute Gasteiger partial charge is 0.477 e. The predicted octanol–water partition coefficient (Wildman–Crippen LogP) is 2.81. The van der Waals surface area contributed by atoms with Crippen LogP contribution in [0.2, 0.25) is 0 Å². The lowest BCUT2D eigenvalue weighted by atomic mass is 10.2. The zero-order valence-electron chi connectivity index (χ0n) is 10.2. The maximum absolute atomic E-state index is 13.4. The summed E-state index contributed by atoms with van der Waals surface area (Å²) in [5.41, 5.74) is 1.30. The summed E-state index contributed by atoms with van der Waals surface area (Å²) in [6.07, 6.45) is 3.48. The molecule has 0 aliphatic carbocycles. The molecule has 0 aliphatic rings. The van der Waals surface area contributed by atoms with Crippen LogP contribution >= 0.6 is 0 Å². The van der Waals surface area contributed by atoms with Crippen molar-refractivity contribution in [1.29, 1.82) is 0 Å². The Hall–Kier alpha value is -2.56. The summed E-state index contributed by atoms with van der Waals surface area (Å²) in [5, 5.41) is 9.97. The molecule has 0 bridgehead atoms. The average molecular weight is 258 g/mol. The predicted molar refractivity (Wildman–Crippen MR) is 69.2 cm³/mol. The molecule has 0 fully saturated rings. The van der Waals surface area contributed by atoms with Crippen LogP contribution in [-0.4, -0.2) is 20.2 Å². The number of benzene rings is 1. The highest BCUT2D eigenvalue weighted by atomic mass is 19.1. The van der Waals surface area contributed by atoms with Gasteiger partial charge >= 0.3 is 5.97 Å². The second-order valence-corrected chi connectivity index (χ2v) is 4.31. The molecule has 2 aromatic heterocycles. The van der Waals surface area contributed by atoms with Crippen LogP contribution in [0.3, 0.4) is 0 Å². The van der Waals surface area contributed by atoms with Crippen molar-refractivity contribution in [2.75, 3.05) is 0 Å². The highest BCUT2D eigenvalue weighted by Crippen LogP contribution is 2.29. The zero-order chi connectivity index (χ0) is 13.6. The Bertz CT molecular complexity index is 772. The molecule has 0 radical (unpaired) electrons. The highest BCUT2D eigenvalue weighted by Gasteiger charge is 2.21. The topological polar surface area (TPSA) is 47.2 Å². The van der Waals surface area contributed by atoms with Crippen molar-refractivity contribution in [2.45, 2.75) is 0 Å². The number of carboxylic acid groups (broad SMARTS) is 1. The van der Waals surface area contributed by atoms with Crippen molar-refractivity contribution in [3.05, 3.63) is 54.2 Å². The number of aromatic nitrogens is 2. The van der Waals surface area contributed by atoms with E-state index in [1.165, 1.54) is 12.1 Å². The minimum atomic E-state index is -1.04. The molecule has 96 valence electrons. The minimum Gasteiger partial charge on any atom is -0.477 e. The Morgan fingerprint density at radius 1 is 1.26 bits per heavy atom. The summed E-state index contributed by atoms with van der Waals surface area (Å²) in [4.78, 5) is 11.5. The van der Waals surface area contributed by atoms with Gasteiger partial charge in [-0.05, 0) is 30.3 Å². The molecule has 5 heteroatoms. The van der Waals surface area contributed by atoms with Crippen molar-refractivity contribution in [3.63, 3.8) is 0 Å². The normalized spacial score (nSPS) is 11.1. The van der Waals surface area contributed by atoms with E-state index < -0.39 is 5.97 Å². The highest BCUT2D eigenvalue weighted by molar-refractivity contribution is 6.02. The molecule has 2 heterocycles. The first kappa shape index (κ1) is 11.5. The summed E-state index contributed by atoms with van der Waals surface area (Å²) in [5.74, 6) is -1.42. The van der Waals surface area contributed by atoms with Crippen molar-refractivity contribution in [1.82, 2.24) is 9.13 Å². The Labute approximate surface area is 108 Å². The van der Waals surface area contributed by atoms with Gasteiger partial charge in [0.05, 0.1) is 11.2 Å². The van der Waals surface area contributed by atoms with E-state index in [0.29, 0.717) is 16.6 Å². The number of hydrogen-bond acceptors (Lipinski definition) is 1. The van der Waals surface area contributed by atoms with E-state index in [4.69, 9.17) is 0 Å². The molecule has 0 saturated carbocycles. The third kappa shape index (κ3) is 1.62. The lowest BCUT2D eigenvalue weighted by Gasteiger charge is -2.04. The molecule has 3 aromatic rings. The Morgan fingerprint density at radius 3 is 2.58 bits per heavy atom. The number of carbonyl (C=O) groups is 1. The molecule has 0 unspecified atom stereocenters. The third-order valence-corrected chi connectivity index (χ3v) is 3.20. The van der Waals surface area contributed by atoms with Crippen LogP contribution in [0, 0.1) is 5.82 Å². The molecule has 19 heavy (non-hydrogen) atoms. The van der Waals surface area contributed by atoms with Gasteiger partial charge in [0.25, 0.3) is 0 Å². The smallest absolute Gasteiger partial charge is 0.354 e. The molecule has 0 aliphatic heterocycles. The Balaban J connectivity index is 2.49. The van der Waals surface area contributed by atoms with E-state index in [2.05, 4.69) is 0 Å². The first-order chi connectivity index (χ1) is 9.09. The standard InChI is InChI=1S/C14H11FN2O2/c1-16-11-5-4-9(15)8-10(11)12(13(16)14(18)19)17-6-2-3-7-17/h2-8H,1H3,(H,18,19). The number of aromatic carboxylic acids is 1. The van der Waals surface area contributed by atoms with Crippen LogP contribution < -0.4 is 0 Å². The maximum Gasteiger partial charge on any atom is 0.354 e. The van der Waals surface area contributed by atoms with Crippen molar-refractivity contribution in [2.24, 2.45) is 7.05 Å². The van der Waals surface area contributed by atoms with E-state index >= 15 is 0 Å². The first-order valence-electron chi connectivity index (χ1n) is 5.74. The summed E-state index contributed by atoms with van der Waals surface area (Å²) in [6.45, 7) is 0. The van der Waals surface area contributed by atoms with Gasteiger partial charge in [-0.25, -0.2) is 9.18 Å². The Morgan fingerprint density at radius 2 is 1.95 bits per heavy atom. The molecule has 1 N–H and O–H groups in total. The monoisotopic (exact) mass is 258 g/mol. The third-order valence-electron chi connectivity index (χ3n) is 3.20. The van der Waals surface area contributed by atoms with E-state index in [-0.39, 0.29) is 11.5 Å². The van der Waals surface area contributed by atoms with Crippen molar-refractivity contribution >= 4 is 16.9 Å². The van der Waals surface area contributed by atoms with E-state index in [1.54, 1.807) is 46.8 Å². The fraction of sp³-hybridized carbons (Fsp3) is 0.0714. The maximum atomic E-state index is 13.4. The van der Waals surface area contributed by atoms with Gasteiger partial charge < -0.3 is 14.2 Å². The summed E-state index contributed by atoms with van der Waals surface area (Å²) in [7, 11) is 1.66. The number of rotatable bonds is 2. The van der Waals surface area contributed by atoms with Crippen molar-refractivity contribution in [3.8, 4) is 5.69 Å². The average Bonchev–Trinajstić information content (AvgIpc) is 2.95. The number of fused-ring (bicyclic) bond motifs is 1. The van der Waals surface area contributed by atoms with Gasteiger partial charge in [-0.2, -0.15) is 0 Å². The Kier molecular flexibility index (Phi) is 2.41. The first-order valence-corrected chi connectivity index (χ1v) is 5.74. The SMILES string of the molecule is Cn1c(C(=O)O)c(-n2cccc2)c2cc(F)ccc21. The number of nitrogens with zero attached hydrogens (tertiary/aromatic N) is 2. The molecule has 0 atom stereocenters. The molecular weight excluding hydrogens is 247 g/mol. The van der Waals surface area contributed by atoms with Gasteiger partial charge in [-0.1, -0.05) is 0 Å². The molecule has 3 rings (SSSR count). The van der Waals surface area contributed by atoms with Crippen LogP contribution in [-0.2, 0) is 7.05 Å². The van der Waals surface area contributed by atoms with Crippen LogP contribution in [0.15, 0.2) is 42.7 Å². The van der Waals surface area contributed by atoms with Gasteiger partial charge in [0.1, 0.15) is 5.82 Å². The van der Waals surface area contributed by atoms with Crippen LogP contribution in [0.25, 0.3) is 16.6 Å². The van der Waals surface area contributed by atoms with Gasteiger partial charge in [0.2, 0.25) is 0 Å². The van der Waals surface area contributed by atoms with Crippen LogP contribution in [0.1, 0.15) is 10.5 Å². The van der Waals surface area contributed by atoms with Crippen LogP contribution in [0.4, 0.5) is 4.39 Å². The molecule has 0 spiro atoms. The molecular formula is C14H11FN2O2. The summed E-state index contributed by atoms with van der Waals surface area (Å²) in [6, 6.07) is 7.86. The van der Waals surface area contributed by atoms with Crippen LogP contribution in [0.5, 0.6) is 0 Å². The molecule has 0 amide bonds. The zero-order valence-corrected chi connectivity index (χ0v) is 10.2. The lowest BCUT2D eigenvalue weighted by Crippen LogP contribution is -2.08. The molecule has 1 aromatic carbocycles. The second kappa shape index (κ2) is 3.98. The fourth-order valence-corrected chi connectivity index (χ4v) is 2.39. The molecule has 0 saturated heterocycles. The van der Waals surface area contributed by atoms with Gasteiger partial charge in [0, 0.05) is 24.8 Å². The minimum absolute atomic E-state index is 0.136.